The van der Waals surface area contributed by atoms with Crippen molar-refractivity contribution in [2.24, 2.45) is 5.92 Å². The van der Waals surface area contributed by atoms with Gasteiger partial charge in [-0.05, 0) is 104 Å². The van der Waals surface area contributed by atoms with Crippen LogP contribution in [0.5, 0.6) is 0 Å². The van der Waals surface area contributed by atoms with E-state index >= 15 is 0 Å². The van der Waals surface area contributed by atoms with Gasteiger partial charge in [-0.15, -0.1) is 0 Å². The van der Waals surface area contributed by atoms with Crippen molar-refractivity contribution in [2.75, 3.05) is 62.0 Å². The number of hydrogen-bond acceptors (Lipinski definition) is 6. The molecule has 0 saturated carbocycles. The Hall–Kier alpha value is -4.89. The first-order valence-electron chi connectivity index (χ1n) is 16.3. The summed E-state index contributed by atoms with van der Waals surface area (Å²) in [7, 11) is 1.68. The minimum Gasteiger partial charge on any atom is -0.378 e. The van der Waals surface area contributed by atoms with E-state index in [4.69, 9.17) is 4.74 Å². The van der Waals surface area contributed by atoms with Crippen molar-refractivity contribution in [3.05, 3.63) is 107 Å². The second-order valence-electron chi connectivity index (χ2n) is 12.5. The smallest absolute Gasteiger partial charge is 0.273 e. The van der Waals surface area contributed by atoms with Crippen LogP contribution in [0.4, 0.5) is 17.1 Å². The summed E-state index contributed by atoms with van der Waals surface area (Å²) in [5.74, 6) is 0.257. The van der Waals surface area contributed by atoms with Crippen LogP contribution in [0.1, 0.15) is 58.5 Å². The summed E-state index contributed by atoms with van der Waals surface area (Å²) < 4.78 is 5.33. The monoisotopic (exact) mass is 635 g/mol. The van der Waals surface area contributed by atoms with E-state index in [0.29, 0.717) is 48.8 Å². The van der Waals surface area contributed by atoms with Crippen molar-refractivity contribution in [3.63, 3.8) is 0 Å². The van der Waals surface area contributed by atoms with E-state index in [-0.39, 0.29) is 23.4 Å². The van der Waals surface area contributed by atoms with Crippen molar-refractivity contribution < 1.29 is 19.1 Å². The fourth-order valence-electron chi connectivity index (χ4n) is 5.99. The molecule has 3 aromatic carbocycles. The zero-order valence-corrected chi connectivity index (χ0v) is 27.8. The van der Waals surface area contributed by atoms with E-state index in [1.54, 1.807) is 42.4 Å². The van der Waals surface area contributed by atoms with E-state index in [2.05, 4.69) is 29.0 Å². The molecule has 2 aliphatic rings. The third kappa shape index (κ3) is 8.29. The van der Waals surface area contributed by atoms with Gasteiger partial charge in [0.05, 0.1) is 18.9 Å². The van der Waals surface area contributed by atoms with E-state index in [9.17, 15) is 14.4 Å². The Morgan fingerprint density at radius 3 is 2.19 bits per heavy atom. The maximum atomic E-state index is 13.2. The summed E-state index contributed by atoms with van der Waals surface area (Å²) in [6.07, 6.45) is 4.14. The van der Waals surface area contributed by atoms with E-state index in [0.717, 1.165) is 41.4 Å². The predicted molar refractivity (Wildman–Crippen MR) is 189 cm³/mol. The number of morpholine rings is 1. The molecule has 0 aromatic heterocycles. The molecule has 5 rings (SSSR count). The molecule has 3 amide bonds. The number of benzene rings is 3. The molecule has 0 spiro atoms. The first-order chi connectivity index (χ1) is 22.6. The van der Waals surface area contributed by atoms with Crippen LogP contribution in [0.3, 0.4) is 0 Å². The topological polar surface area (TPSA) is 94.2 Å². The summed E-state index contributed by atoms with van der Waals surface area (Å²) in [6, 6.07) is 20.6. The van der Waals surface area contributed by atoms with Gasteiger partial charge in [-0.2, -0.15) is 0 Å². The highest BCUT2D eigenvalue weighted by Gasteiger charge is 2.20. The number of likely N-dealkylation sites (N-methyl/N-ethyl adjacent to an activating group) is 1. The van der Waals surface area contributed by atoms with Gasteiger partial charge in [0, 0.05) is 67.6 Å². The third-order valence-electron chi connectivity index (χ3n) is 8.98. The van der Waals surface area contributed by atoms with Gasteiger partial charge in [-0.1, -0.05) is 25.6 Å². The average Bonchev–Trinajstić information content (AvgIpc) is 3.09. The van der Waals surface area contributed by atoms with Gasteiger partial charge in [0.2, 0.25) is 0 Å². The second kappa shape index (κ2) is 15.1. The third-order valence-corrected chi connectivity index (χ3v) is 8.98. The second-order valence-corrected chi connectivity index (χ2v) is 12.5. The number of carbonyl (C=O) groups is 3. The number of piperidine rings is 1. The average molecular weight is 636 g/mol. The lowest BCUT2D eigenvalue weighted by Gasteiger charge is -2.32. The molecule has 3 aromatic rings. The number of amides is 3. The summed E-state index contributed by atoms with van der Waals surface area (Å²) in [5, 5.41) is 6.12. The standard InChI is InChI=1S/C38H45N5O4/c1-26-17-19-42(20-18-26)33-15-11-30(12-16-33)36(44)40-35-8-6-7-34(28(35)3)27(2)25-41(5)37(45)29(4)39-32-13-9-31(10-14-32)38(46)43-21-23-47-24-22-43/h6-16,25-26,39H,4,17-24H2,1-3,5H3,(H,40,44)/b27-25+. The highest BCUT2D eigenvalue weighted by molar-refractivity contribution is 6.05. The fraction of sp³-hybridized carbons (Fsp3) is 0.342. The van der Waals surface area contributed by atoms with Crippen molar-refractivity contribution in [3.8, 4) is 0 Å². The molecule has 2 fully saturated rings. The number of carbonyl (C=O) groups excluding carboxylic acids is 3. The lowest BCUT2D eigenvalue weighted by atomic mass is 9.98. The largest absolute Gasteiger partial charge is 0.378 e. The predicted octanol–water partition coefficient (Wildman–Crippen LogP) is 6.40. The van der Waals surface area contributed by atoms with Gasteiger partial charge in [0.15, 0.2) is 0 Å². The number of nitrogens with one attached hydrogen (secondary N) is 2. The first-order valence-corrected chi connectivity index (χ1v) is 16.3. The van der Waals surface area contributed by atoms with Gasteiger partial charge in [0.25, 0.3) is 17.7 Å². The molecule has 0 unspecified atom stereocenters. The van der Waals surface area contributed by atoms with E-state index in [1.807, 2.05) is 56.3 Å². The summed E-state index contributed by atoms with van der Waals surface area (Å²) in [4.78, 5) is 44.7. The van der Waals surface area contributed by atoms with Crippen LogP contribution in [0.25, 0.3) is 5.57 Å². The number of nitrogens with zero attached hydrogens (tertiary/aromatic N) is 3. The van der Waals surface area contributed by atoms with Crippen molar-refractivity contribution in [1.82, 2.24) is 9.80 Å². The maximum absolute atomic E-state index is 13.2. The Balaban J connectivity index is 1.18. The van der Waals surface area contributed by atoms with Crippen molar-refractivity contribution in [2.45, 2.75) is 33.6 Å². The first kappa shape index (κ1) is 33.5. The van der Waals surface area contributed by atoms with Crippen LogP contribution in [0.2, 0.25) is 0 Å². The highest BCUT2D eigenvalue weighted by atomic mass is 16.5. The quantitative estimate of drug-likeness (QED) is 0.264. The zero-order chi connectivity index (χ0) is 33.5. The van der Waals surface area contributed by atoms with Crippen molar-refractivity contribution in [1.29, 1.82) is 0 Å². The maximum Gasteiger partial charge on any atom is 0.273 e. The van der Waals surface area contributed by atoms with Crippen molar-refractivity contribution >= 4 is 40.4 Å². The molecule has 2 saturated heterocycles. The molecule has 246 valence electrons. The fourth-order valence-corrected chi connectivity index (χ4v) is 5.99. The molecule has 0 bridgehead atoms. The number of anilines is 3. The number of rotatable bonds is 9. The Morgan fingerprint density at radius 2 is 1.53 bits per heavy atom. The highest BCUT2D eigenvalue weighted by Crippen LogP contribution is 2.27. The minimum absolute atomic E-state index is 0.0364. The van der Waals surface area contributed by atoms with Gasteiger partial charge in [0.1, 0.15) is 0 Å². The molecule has 47 heavy (non-hydrogen) atoms. The Morgan fingerprint density at radius 1 is 0.894 bits per heavy atom. The van der Waals surface area contributed by atoms with Gasteiger partial charge in [-0.3, -0.25) is 14.4 Å². The molecule has 9 nitrogen and oxygen atoms in total. The van der Waals surface area contributed by atoms with Gasteiger partial charge >= 0.3 is 0 Å². The normalized spacial score (nSPS) is 15.6. The van der Waals surface area contributed by atoms with Gasteiger partial charge < -0.3 is 30.1 Å². The number of allylic oxidation sites excluding steroid dienone is 1. The number of ether oxygens (including phenoxy) is 1. The number of hydrogen-bond donors (Lipinski definition) is 2. The lowest BCUT2D eigenvalue weighted by Crippen LogP contribution is -2.40. The Bertz CT molecular complexity index is 1630. The minimum atomic E-state index is -0.303. The van der Waals surface area contributed by atoms with E-state index < -0.39 is 0 Å². The molecule has 0 atom stereocenters. The van der Waals surface area contributed by atoms with Crippen LogP contribution in [-0.4, -0.2) is 74.0 Å². The molecular weight excluding hydrogens is 590 g/mol. The summed E-state index contributed by atoms with van der Waals surface area (Å²) >= 11 is 0. The molecule has 0 aliphatic carbocycles. The van der Waals surface area contributed by atoms with Crippen LogP contribution in [0, 0.1) is 12.8 Å². The summed E-state index contributed by atoms with van der Waals surface area (Å²) in [6.45, 7) is 14.5. The molecular formula is C38H45N5O4. The lowest BCUT2D eigenvalue weighted by molar-refractivity contribution is -0.123. The molecule has 2 N–H and O–H groups in total. The van der Waals surface area contributed by atoms with E-state index in [1.165, 1.54) is 17.7 Å². The SMILES string of the molecule is C=C(Nc1ccc(C(=O)N2CCOCC2)cc1)C(=O)N(C)/C=C(\C)c1cccc(NC(=O)c2ccc(N3CCC(C)CC3)cc2)c1C. The molecule has 0 radical (unpaired) electrons. The molecule has 2 aliphatic heterocycles. The van der Waals surface area contributed by atoms with Crippen LogP contribution < -0.4 is 15.5 Å². The molecule has 2 heterocycles. The van der Waals surface area contributed by atoms with Crippen LogP contribution >= 0.6 is 0 Å². The summed E-state index contributed by atoms with van der Waals surface area (Å²) in [5.41, 5.74) is 6.57. The Labute approximate surface area is 277 Å². The van der Waals surface area contributed by atoms with Gasteiger partial charge in [-0.25, -0.2) is 0 Å². The van der Waals surface area contributed by atoms with Crippen LogP contribution in [-0.2, 0) is 9.53 Å². The Kier molecular flexibility index (Phi) is 10.8. The zero-order valence-electron chi connectivity index (χ0n) is 27.8. The molecule has 9 heteroatoms. The van der Waals surface area contributed by atoms with Crippen LogP contribution in [0.15, 0.2) is 85.2 Å².